The van der Waals surface area contributed by atoms with Crippen LogP contribution in [0.1, 0.15) is 17.2 Å². The molecule has 0 bridgehead atoms. The molecule has 3 aliphatic rings. The summed E-state index contributed by atoms with van der Waals surface area (Å²) in [7, 11) is 3.78. The topological polar surface area (TPSA) is 3.24 Å². The Morgan fingerprint density at radius 3 is 1.71 bits per heavy atom. The molecule has 2 fully saturated rings. The van der Waals surface area contributed by atoms with Crippen molar-refractivity contribution in [3.8, 4) is 0 Å². The van der Waals surface area contributed by atoms with Gasteiger partial charge in [0.05, 0.1) is 0 Å². The van der Waals surface area contributed by atoms with Gasteiger partial charge in [-0.3, -0.25) is 0 Å². The largest absolute Gasteiger partial charge is 2.00 e. The van der Waals surface area contributed by atoms with E-state index in [2.05, 4.69) is 117 Å². The molecule has 0 N–H and O–H groups in total. The van der Waals surface area contributed by atoms with Crippen LogP contribution in [0.2, 0.25) is 0 Å². The molecule has 0 unspecified atom stereocenters. The predicted molar refractivity (Wildman–Crippen MR) is 142 cm³/mol. The summed E-state index contributed by atoms with van der Waals surface area (Å²) >= 11 is 0. The second-order valence-corrected chi connectivity index (χ2v) is 10.7. The molecule has 0 aromatic heterocycles. The zero-order valence-electron chi connectivity index (χ0n) is 19.4. The second kappa shape index (κ2) is 12.0. The molecular formula is C31H28FeNP+2. The van der Waals surface area contributed by atoms with Gasteiger partial charge in [-0.05, 0) is 100 Å². The standard InChI is InChI=1S/C26H23NP.C5H5.Fe/c1-27(2)26-23-17-9-15-21(23)22-16-10-18-24(25(22)26)28(19-11-5-3-6-12-19)20-13-7-4-8-14-20;1-2-4-5-3-1;/h3-18,26H,1-2H3;1-5H;/q;;+2/t26-;;/m0../s1. The van der Waals surface area contributed by atoms with Crippen molar-refractivity contribution in [1.29, 1.82) is 0 Å². The van der Waals surface area contributed by atoms with Crippen molar-refractivity contribution in [2.24, 2.45) is 0 Å². The minimum absolute atomic E-state index is 0. The molecule has 2 saturated carbocycles. The van der Waals surface area contributed by atoms with E-state index in [1.807, 2.05) is 32.1 Å². The fourth-order valence-electron chi connectivity index (χ4n) is 4.78. The molecule has 0 aliphatic heterocycles. The van der Waals surface area contributed by atoms with Crippen LogP contribution in [0.3, 0.4) is 0 Å². The Balaban J connectivity index is 0.000000407. The van der Waals surface area contributed by atoms with E-state index in [9.17, 15) is 0 Å². The van der Waals surface area contributed by atoms with Crippen LogP contribution in [0, 0.1) is 63.2 Å². The summed E-state index contributed by atoms with van der Waals surface area (Å²) in [6, 6.07) is 29.2. The predicted octanol–water partition coefficient (Wildman–Crippen LogP) is 5.20. The minimum atomic E-state index is -0.611. The van der Waals surface area contributed by atoms with Crippen LogP contribution < -0.4 is 15.9 Å². The Bertz CT molecular complexity index is 985. The second-order valence-electron chi connectivity index (χ2n) is 8.47. The number of hydrogen-bond acceptors (Lipinski definition) is 1. The van der Waals surface area contributed by atoms with E-state index in [0.29, 0.717) is 6.04 Å². The van der Waals surface area contributed by atoms with Crippen LogP contribution >= 0.6 is 7.92 Å². The number of fused-ring (bicyclic) bond motifs is 3. The normalized spacial score (nSPS) is 19.5. The Labute approximate surface area is 218 Å². The van der Waals surface area contributed by atoms with Gasteiger partial charge < -0.3 is 4.90 Å². The quantitative estimate of drug-likeness (QED) is 0.351. The van der Waals surface area contributed by atoms with E-state index in [4.69, 9.17) is 0 Å². The van der Waals surface area contributed by atoms with Gasteiger partial charge in [0.1, 0.15) is 0 Å². The maximum absolute atomic E-state index is 2.36. The van der Waals surface area contributed by atoms with Gasteiger partial charge in [0.2, 0.25) is 0 Å². The minimum Gasteiger partial charge on any atom is -0.302 e. The van der Waals surface area contributed by atoms with Crippen molar-refractivity contribution in [3.05, 3.63) is 153 Å². The molecule has 168 valence electrons. The Kier molecular flexibility index (Phi) is 9.06. The first-order chi connectivity index (χ1) is 16.3. The van der Waals surface area contributed by atoms with Crippen molar-refractivity contribution >= 4 is 23.8 Å². The summed E-state index contributed by atoms with van der Waals surface area (Å²) in [5.41, 5.74) is 2.88. The van der Waals surface area contributed by atoms with E-state index in [1.165, 1.54) is 38.9 Å². The molecular weight excluding hydrogens is 473 g/mol. The maximum atomic E-state index is 2.36. The number of hydrogen-bond donors (Lipinski definition) is 0. The summed E-state index contributed by atoms with van der Waals surface area (Å²) < 4.78 is 0. The Morgan fingerprint density at radius 1 is 0.618 bits per heavy atom. The van der Waals surface area contributed by atoms with E-state index >= 15 is 0 Å². The van der Waals surface area contributed by atoms with Gasteiger partial charge >= 0.3 is 17.1 Å². The van der Waals surface area contributed by atoms with Crippen LogP contribution in [-0.2, 0) is 17.1 Å². The molecule has 0 amide bonds. The molecule has 0 heterocycles. The monoisotopic (exact) mass is 501 g/mol. The van der Waals surface area contributed by atoms with Crippen molar-refractivity contribution in [3.63, 3.8) is 0 Å². The molecule has 3 heteroatoms. The fourth-order valence-corrected chi connectivity index (χ4v) is 7.30. The van der Waals surface area contributed by atoms with E-state index in [-0.39, 0.29) is 17.1 Å². The van der Waals surface area contributed by atoms with Crippen molar-refractivity contribution in [1.82, 2.24) is 4.90 Å². The summed E-state index contributed by atoms with van der Waals surface area (Å²) in [5, 5.41) is 4.28. The van der Waals surface area contributed by atoms with Gasteiger partial charge in [0.15, 0.2) is 0 Å². The molecule has 1 nitrogen and oxygen atoms in total. The number of rotatable bonds is 4. The van der Waals surface area contributed by atoms with Crippen LogP contribution in [0.15, 0.2) is 78.9 Å². The first-order valence-corrected chi connectivity index (χ1v) is 12.7. The Hall–Kier alpha value is -1.43. The summed E-state index contributed by atoms with van der Waals surface area (Å²) in [6.07, 6.45) is 16.7. The van der Waals surface area contributed by atoms with Gasteiger partial charge in [0.25, 0.3) is 0 Å². The third-order valence-electron chi connectivity index (χ3n) is 6.13. The third kappa shape index (κ3) is 5.22. The number of nitrogens with zero attached hydrogens (tertiary/aromatic N) is 1. The average molecular weight is 501 g/mol. The first-order valence-electron chi connectivity index (χ1n) is 11.4. The van der Waals surface area contributed by atoms with E-state index in [0.717, 1.165) is 0 Å². The Morgan fingerprint density at radius 2 is 1.18 bits per heavy atom. The van der Waals surface area contributed by atoms with Crippen molar-refractivity contribution < 1.29 is 17.1 Å². The first kappa shape index (κ1) is 25.7. The van der Waals surface area contributed by atoms with Crippen LogP contribution in [0.4, 0.5) is 0 Å². The van der Waals surface area contributed by atoms with Crippen LogP contribution in [0.5, 0.6) is 0 Å². The van der Waals surface area contributed by atoms with E-state index in [1.54, 1.807) is 0 Å². The molecule has 10 radical (unpaired) electrons. The molecule has 3 aromatic rings. The zero-order chi connectivity index (χ0) is 22.6. The van der Waals surface area contributed by atoms with Crippen molar-refractivity contribution in [2.45, 2.75) is 6.04 Å². The van der Waals surface area contributed by atoms with Gasteiger partial charge in [-0.1, -0.05) is 78.9 Å². The molecule has 3 aromatic carbocycles. The molecule has 1 atom stereocenters. The summed E-state index contributed by atoms with van der Waals surface area (Å²) in [5.74, 6) is 2.83. The zero-order valence-corrected chi connectivity index (χ0v) is 21.4. The summed E-state index contributed by atoms with van der Waals surface area (Å²) in [6.45, 7) is 0. The molecule has 3 aliphatic carbocycles. The third-order valence-corrected chi connectivity index (χ3v) is 8.63. The average Bonchev–Trinajstić information content (AvgIpc) is 3.61. The van der Waals surface area contributed by atoms with Crippen LogP contribution in [0.25, 0.3) is 0 Å². The van der Waals surface area contributed by atoms with Gasteiger partial charge in [0, 0.05) is 17.9 Å². The fraction of sp³-hybridized carbons (Fsp3) is 0.0968. The maximum Gasteiger partial charge on any atom is 2.00 e. The van der Waals surface area contributed by atoms with Gasteiger partial charge in [-0.15, -0.1) is 0 Å². The molecule has 34 heavy (non-hydrogen) atoms. The van der Waals surface area contributed by atoms with Gasteiger partial charge in [-0.25, -0.2) is 0 Å². The van der Waals surface area contributed by atoms with Crippen LogP contribution in [-0.4, -0.2) is 19.0 Å². The van der Waals surface area contributed by atoms with Crippen molar-refractivity contribution in [2.75, 3.05) is 14.1 Å². The summed E-state index contributed by atoms with van der Waals surface area (Å²) in [4.78, 5) is 2.36. The smallest absolute Gasteiger partial charge is 0.302 e. The van der Waals surface area contributed by atoms with E-state index < -0.39 is 7.92 Å². The molecule has 0 spiro atoms. The van der Waals surface area contributed by atoms with Gasteiger partial charge in [-0.2, -0.15) is 0 Å². The molecule has 0 saturated heterocycles. The number of benzene rings is 3. The SMILES string of the molecule is CN(C)[C@H]1[C]2[CH][CH][CH][C]2c2cccc(P(c3ccccc3)c3ccccc3)c21.[CH]1[CH][CH][CH][CH]1.[Fe+2]. The molecule has 6 rings (SSSR count).